The van der Waals surface area contributed by atoms with E-state index in [1.807, 2.05) is 38.1 Å². The third kappa shape index (κ3) is 4.92. The van der Waals surface area contributed by atoms with Crippen molar-refractivity contribution in [1.29, 1.82) is 0 Å². The van der Waals surface area contributed by atoms with Crippen LogP contribution in [0.2, 0.25) is 0 Å². The van der Waals surface area contributed by atoms with Crippen molar-refractivity contribution in [3.05, 3.63) is 84.5 Å². The van der Waals surface area contributed by atoms with Crippen LogP contribution in [0, 0.1) is 0 Å². The lowest BCUT2D eigenvalue weighted by atomic mass is 9.96. The highest BCUT2D eigenvalue weighted by Gasteiger charge is 2.33. The van der Waals surface area contributed by atoms with Crippen molar-refractivity contribution < 1.29 is 24.1 Å². The van der Waals surface area contributed by atoms with E-state index < -0.39 is 12.0 Å². The SMILES string of the molecule is CCOC(=O)C1=C(C)N=c2sc(=Cc3ccc(OC)c(O)c3)c(=O)n2[C@@H]1c1ccc(OC(C)C)cc1. The molecule has 1 N–H and O–H groups in total. The standard InChI is InChI=1S/C27H28N2O6S/c1-6-34-26(32)23-16(4)28-27-29(24(23)18-8-10-19(11-9-18)35-15(2)3)25(31)22(36-27)14-17-7-12-21(33-5)20(30)13-17/h7-15,24,30H,6H2,1-5H3/t24-/m1/s1. The Hall–Kier alpha value is -3.85. The number of hydrogen-bond donors (Lipinski definition) is 1. The van der Waals surface area contributed by atoms with Crippen molar-refractivity contribution in [3.63, 3.8) is 0 Å². The average Bonchev–Trinajstić information content (AvgIpc) is 3.13. The minimum absolute atomic E-state index is 0.0168. The molecule has 2 aromatic carbocycles. The molecule has 0 spiro atoms. The van der Waals surface area contributed by atoms with Crippen LogP contribution in [0.3, 0.4) is 0 Å². The summed E-state index contributed by atoms with van der Waals surface area (Å²) >= 11 is 1.22. The number of phenolic OH excluding ortho intramolecular Hbond substituents is 1. The van der Waals surface area contributed by atoms with Crippen molar-refractivity contribution >= 4 is 23.4 Å². The lowest BCUT2D eigenvalue weighted by Crippen LogP contribution is -2.39. The second kappa shape index (κ2) is 10.4. The van der Waals surface area contributed by atoms with E-state index in [2.05, 4.69) is 4.99 Å². The molecule has 3 aromatic rings. The fraction of sp³-hybridized carbons (Fsp3) is 0.296. The number of benzene rings is 2. The highest BCUT2D eigenvalue weighted by molar-refractivity contribution is 7.07. The molecule has 0 unspecified atom stereocenters. The van der Waals surface area contributed by atoms with Crippen LogP contribution in [0.5, 0.6) is 17.2 Å². The summed E-state index contributed by atoms with van der Waals surface area (Å²) in [5, 5.41) is 10.1. The van der Waals surface area contributed by atoms with Crippen molar-refractivity contribution in [2.45, 2.75) is 39.8 Å². The van der Waals surface area contributed by atoms with E-state index >= 15 is 0 Å². The van der Waals surface area contributed by atoms with Gasteiger partial charge in [0.05, 0.1) is 41.7 Å². The number of allylic oxidation sites excluding steroid dienone is 1. The van der Waals surface area contributed by atoms with Gasteiger partial charge < -0.3 is 19.3 Å². The highest BCUT2D eigenvalue weighted by Crippen LogP contribution is 2.32. The van der Waals surface area contributed by atoms with Crippen LogP contribution in [0.15, 0.2) is 63.5 Å². The number of phenols is 1. The summed E-state index contributed by atoms with van der Waals surface area (Å²) < 4.78 is 18.1. The number of nitrogens with zero attached hydrogens (tertiary/aromatic N) is 2. The van der Waals surface area contributed by atoms with Gasteiger partial charge >= 0.3 is 5.97 Å². The molecule has 2 heterocycles. The molecule has 4 rings (SSSR count). The lowest BCUT2D eigenvalue weighted by Gasteiger charge is -2.25. The number of carbonyl (C=O) groups is 1. The monoisotopic (exact) mass is 508 g/mol. The summed E-state index contributed by atoms with van der Waals surface area (Å²) in [5.41, 5.74) is 1.88. The molecule has 188 valence electrons. The molecule has 0 aliphatic carbocycles. The number of aromatic hydroxyl groups is 1. The van der Waals surface area contributed by atoms with E-state index in [4.69, 9.17) is 14.2 Å². The van der Waals surface area contributed by atoms with E-state index in [1.165, 1.54) is 29.1 Å². The summed E-state index contributed by atoms with van der Waals surface area (Å²) in [6.07, 6.45) is 1.70. The number of ether oxygens (including phenoxy) is 3. The zero-order chi connectivity index (χ0) is 26.0. The molecular formula is C27H28N2O6S. The summed E-state index contributed by atoms with van der Waals surface area (Å²) in [7, 11) is 1.47. The van der Waals surface area contributed by atoms with Gasteiger partial charge in [0, 0.05) is 0 Å². The van der Waals surface area contributed by atoms with Gasteiger partial charge in [-0.15, -0.1) is 0 Å². The number of hydrogen-bond acceptors (Lipinski definition) is 8. The number of rotatable bonds is 7. The number of esters is 1. The molecular weight excluding hydrogens is 480 g/mol. The average molecular weight is 509 g/mol. The van der Waals surface area contributed by atoms with Gasteiger partial charge in [0.2, 0.25) is 0 Å². The third-order valence-electron chi connectivity index (χ3n) is 5.59. The molecule has 1 aliphatic heterocycles. The van der Waals surface area contributed by atoms with Crippen LogP contribution >= 0.6 is 11.3 Å². The largest absolute Gasteiger partial charge is 0.504 e. The summed E-state index contributed by atoms with van der Waals surface area (Å²) in [4.78, 5) is 31.7. The van der Waals surface area contributed by atoms with Gasteiger partial charge in [-0.1, -0.05) is 29.5 Å². The van der Waals surface area contributed by atoms with Gasteiger partial charge in [-0.2, -0.15) is 0 Å². The van der Waals surface area contributed by atoms with Crippen LogP contribution in [0.1, 0.15) is 44.9 Å². The molecule has 1 aliphatic rings. The fourth-order valence-electron chi connectivity index (χ4n) is 4.06. The molecule has 9 heteroatoms. The number of methoxy groups -OCH3 is 1. The van der Waals surface area contributed by atoms with Gasteiger partial charge in [0.15, 0.2) is 16.3 Å². The minimum atomic E-state index is -0.708. The first-order valence-electron chi connectivity index (χ1n) is 11.6. The zero-order valence-electron chi connectivity index (χ0n) is 20.8. The number of thiazole rings is 1. The van der Waals surface area contributed by atoms with Crippen LogP contribution < -0.4 is 24.4 Å². The van der Waals surface area contributed by atoms with Crippen molar-refractivity contribution in [1.82, 2.24) is 4.57 Å². The van der Waals surface area contributed by atoms with Crippen LogP contribution in [0.25, 0.3) is 6.08 Å². The normalized spacial score (nSPS) is 15.5. The first-order valence-corrected chi connectivity index (χ1v) is 12.4. The molecule has 0 fully saturated rings. The van der Waals surface area contributed by atoms with E-state index in [1.54, 1.807) is 32.1 Å². The van der Waals surface area contributed by atoms with Crippen molar-refractivity contribution in [2.75, 3.05) is 13.7 Å². The molecule has 0 saturated carbocycles. The maximum Gasteiger partial charge on any atom is 0.338 e. The number of carbonyl (C=O) groups excluding carboxylic acids is 1. The van der Waals surface area contributed by atoms with Gasteiger partial charge in [0.25, 0.3) is 5.56 Å². The maximum absolute atomic E-state index is 13.7. The Morgan fingerprint density at radius 2 is 1.94 bits per heavy atom. The summed E-state index contributed by atoms with van der Waals surface area (Å²) in [6, 6.07) is 11.5. The number of fused-ring (bicyclic) bond motifs is 1. The first kappa shape index (κ1) is 25.2. The third-order valence-corrected chi connectivity index (χ3v) is 6.57. The molecule has 36 heavy (non-hydrogen) atoms. The van der Waals surface area contributed by atoms with Gasteiger partial charge in [-0.3, -0.25) is 9.36 Å². The van der Waals surface area contributed by atoms with Crippen LogP contribution in [0.4, 0.5) is 0 Å². The van der Waals surface area contributed by atoms with E-state index in [-0.39, 0.29) is 24.0 Å². The van der Waals surface area contributed by atoms with Crippen molar-refractivity contribution in [2.24, 2.45) is 4.99 Å². The topological polar surface area (TPSA) is 99.4 Å². The smallest absolute Gasteiger partial charge is 0.338 e. The van der Waals surface area contributed by atoms with Crippen LogP contribution in [-0.2, 0) is 9.53 Å². The maximum atomic E-state index is 13.7. The van der Waals surface area contributed by atoms with E-state index in [9.17, 15) is 14.7 Å². The predicted octanol–water partition coefficient (Wildman–Crippen LogP) is 3.30. The minimum Gasteiger partial charge on any atom is -0.504 e. The molecule has 0 bridgehead atoms. The predicted molar refractivity (Wildman–Crippen MR) is 137 cm³/mol. The Labute approximate surface area is 212 Å². The highest BCUT2D eigenvalue weighted by atomic mass is 32.1. The Morgan fingerprint density at radius 3 is 2.56 bits per heavy atom. The Balaban J connectivity index is 1.88. The van der Waals surface area contributed by atoms with E-state index in [0.717, 1.165) is 5.56 Å². The molecule has 0 radical (unpaired) electrons. The second-order valence-corrected chi connectivity index (χ2v) is 9.48. The Morgan fingerprint density at radius 1 is 1.22 bits per heavy atom. The van der Waals surface area contributed by atoms with Crippen LogP contribution in [-0.4, -0.2) is 35.5 Å². The van der Waals surface area contributed by atoms with Gasteiger partial charge in [-0.25, -0.2) is 9.79 Å². The quantitative estimate of drug-likeness (QED) is 0.492. The second-order valence-electron chi connectivity index (χ2n) is 8.47. The summed E-state index contributed by atoms with van der Waals surface area (Å²) in [5.74, 6) is 0.494. The van der Waals surface area contributed by atoms with Crippen molar-refractivity contribution in [3.8, 4) is 17.2 Å². The Bertz CT molecular complexity index is 1500. The summed E-state index contributed by atoms with van der Waals surface area (Å²) in [6.45, 7) is 7.57. The molecule has 0 amide bonds. The molecule has 1 atom stereocenters. The Kier molecular flexibility index (Phi) is 7.30. The molecule has 0 saturated heterocycles. The van der Waals surface area contributed by atoms with E-state index in [0.29, 0.717) is 37.7 Å². The first-order chi connectivity index (χ1) is 17.2. The fourth-order valence-corrected chi connectivity index (χ4v) is 5.10. The molecule has 8 nitrogen and oxygen atoms in total. The zero-order valence-corrected chi connectivity index (χ0v) is 21.6. The van der Waals surface area contributed by atoms with Gasteiger partial charge in [-0.05, 0) is 69.2 Å². The lowest BCUT2D eigenvalue weighted by molar-refractivity contribution is -0.139. The molecule has 1 aromatic heterocycles. The van der Waals surface area contributed by atoms with Gasteiger partial charge in [0.1, 0.15) is 5.75 Å². The number of aromatic nitrogens is 1.